The van der Waals surface area contributed by atoms with Gasteiger partial charge in [0.15, 0.2) is 0 Å². The van der Waals surface area contributed by atoms with Crippen LogP contribution in [0.15, 0.2) is 22.6 Å². The minimum atomic E-state index is -3.29. The van der Waals surface area contributed by atoms with Crippen LogP contribution in [0.3, 0.4) is 0 Å². The lowest BCUT2D eigenvalue weighted by Gasteiger charge is -2.23. The van der Waals surface area contributed by atoms with Gasteiger partial charge in [-0.15, -0.1) is 5.10 Å². The number of hydrogen-bond donors (Lipinski definition) is 3. The number of pyridine rings is 1. The van der Waals surface area contributed by atoms with Gasteiger partial charge in [0.1, 0.15) is 12.3 Å². The minimum Gasteiger partial charge on any atom is -0.402 e. The fourth-order valence-electron chi connectivity index (χ4n) is 3.37. The van der Waals surface area contributed by atoms with Crippen LogP contribution >= 0.6 is 0 Å². The number of anilines is 2. The van der Waals surface area contributed by atoms with Crippen LogP contribution in [0.5, 0.6) is 0 Å². The molecule has 1 aliphatic rings. The maximum absolute atomic E-state index is 13.2. The predicted octanol–water partition coefficient (Wildman–Crippen LogP) is 4.08. The van der Waals surface area contributed by atoms with Gasteiger partial charge < -0.3 is 20.6 Å². The Morgan fingerprint density at radius 2 is 1.93 bits per heavy atom. The number of hydrogen-bond acceptors (Lipinski definition) is 7. The molecule has 2 aromatic heterocycles. The largest absolute Gasteiger partial charge is 0.402 e. The average molecular weight is 417 g/mol. The standard InChI is InChI=1S/C21H25F2N5O2/c1-20(2,3)14-7-12(11-4-5-11)6-13-15(24)8-16(26-17(13)14)18-27-28-19(30-18)25-9-21(22,23)10-29/h6-8,11,29H,4-5,9-10H2,1-3H3,(H2,24,26)(H,25,28). The summed E-state index contributed by atoms with van der Waals surface area (Å²) >= 11 is 0. The van der Waals surface area contributed by atoms with Crippen LogP contribution in [0.2, 0.25) is 0 Å². The molecule has 9 heteroatoms. The van der Waals surface area contributed by atoms with Crippen molar-refractivity contribution >= 4 is 22.6 Å². The molecule has 1 fully saturated rings. The number of aromatic nitrogens is 3. The first-order valence-corrected chi connectivity index (χ1v) is 9.88. The van der Waals surface area contributed by atoms with Gasteiger partial charge in [0.2, 0.25) is 0 Å². The van der Waals surface area contributed by atoms with Gasteiger partial charge in [-0.25, -0.2) is 13.8 Å². The zero-order valence-electron chi connectivity index (χ0n) is 17.2. The molecule has 0 unspecified atom stereocenters. The summed E-state index contributed by atoms with van der Waals surface area (Å²) < 4.78 is 31.9. The highest BCUT2D eigenvalue weighted by atomic mass is 19.3. The molecule has 1 saturated carbocycles. The molecule has 0 atom stereocenters. The normalized spacial score (nSPS) is 15.0. The zero-order chi connectivity index (χ0) is 21.7. The van der Waals surface area contributed by atoms with Crippen LogP contribution in [0.25, 0.3) is 22.5 Å². The molecule has 4 N–H and O–H groups in total. The fourth-order valence-corrected chi connectivity index (χ4v) is 3.37. The van der Waals surface area contributed by atoms with Gasteiger partial charge in [0.05, 0.1) is 12.1 Å². The van der Waals surface area contributed by atoms with E-state index in [1.54, 1.807) is 6.07 Å². The smallest absolute Gasteiger partial charge is 0.316 e. The van der Waals surface area contributed by atoms with Gasteiger partial charge in [-0.1, -0.05) is 31.9 Å². The van der Waals surface area contributed by atoms with E-state index < -0.39 is 19.1 Å². The summed E-state index contributed by atoms with van der Waals surface area (Å²) in [5.74, 6) is -2.64. The molecule has 0 aliphatic heterocycles. The summed E-state index contributed by atoms with van der Waals surface area (Å²) in [4.78, 5) is 4.74. The van der Waals surface area contributed by atoms with Gasteiger partial charge in [-0.2, -0.15) is 0 Å². The van der Waals surface area contributed by atoms with Crippen molar-refractivity contribution < 1.29 is 18.3 Å². The molecular weight excluding hydrogens is 392 g/mol. The number of rotatable bonds is 6. The third-order valence-electron chi connectivity index (χ3n) is 5.20. The van der Waals surface area contributed by atoms with E-state index in [0.29, 0.717) is 17.3 Å². The Labute approximate surface area is 172 Å². The van der Waals surface area contributed by atoms with E-state index in [0.717, 1.165) is 16.5 Å². The molecule has 1 aromatic carbocycles. The summed E-state index contributed by atoms with van der Waals surface area (Å²) in [7, 11) is 0. The molecule has 3 aromatic rings. The second kappa shape index (κ2) is 7.16. The van der Waals surface area contributed by atoms with E-state index in [1.807, 2.05) is 0 Å². The van der Waals surface area contributed by atoms with Gasteiger partial charge in [0, 0.05) is 11.1 Å². The van der Waals surface area contributed by atoms with Crippen molar-refractivity contribution in [3.8, 4) is 11.6 Å². The SMILES string of the molecule is CC(C)(C)c1cc(C2CC2)cc2c(N)cc(-c3nnc(NCC(F)(F)CO)o3)nc12. The van der Waals surface area contributed by atoms with Crippen molar-refractivity contribution in [2.24, 2.45) is 0 Å². The van der Waals surface area contributed by atoms with E-state index >= 15 is 0 Å². The lowest BCUT2D eigenvalue weighted by atomic mass is 9.83. The van der Waals surface area contributed by atoms with E-state index in [-0.39, 0.29) is 17.3 Å². The lowest BCUT2D eigenvalue weighted by Crippen LogP contribution is -2.31. The molecule has 4 rings (SSSR count). The second-order valence-corrected chi connectivity index (χ2v) is 8.87. The summed E-state index contributed by atoms with van der Waals surface area (Å²) in [5.41, 5.74) is 10.3. The predicted molar refractivity (Wildman–Crippen MR) is 111 cm³/mol. The molecule has 30 heavy (non-hydrogen) atoms. The maximum Gasteiger partial charge on any atom is 0.316 e. The van der Waals surface area contributed by atoms with Gasteiger partial charge >= 0.3 is 6.01 Å². The summed E-state index contributed by atoms with van der Waals surface area (Å²) in [6, 6.07) is 5.78. The lowest BCUT2D eigenvalue weighted by molar-refractivity contribution is -0.0376. The number of aliphatic hydroxyl groups is 1. The number of alkyl halides is 2. The van der Waals surface area contributed by atoms with E-state index in [1.165, 1.54) is 18.4 Å². The molecule has 160 valence electrons. The third-order valence-corrected chi connectivity index (χ3v) is 5.20. The number of nitrogens with zero attached hydrogens (tertiary/aromatic N) is 3. The molecule has 7 nitrogen and oxygen atoms in total. The van der Waals surface area contributed by atoms with Crippen molar-refractivity contribution in [1.29, 1.82) is 0 Å². The van der Waals surface area contributed by atoms with Crippen molar-refractivity contribution in [3.05, 3.63) is 29.3 Å². The van der Waals surface area contributed by atoms with Gasteiger partial charge in [-0.3, -0.25) is 0 Å². The Morgan fingerprint density at radius 1 is 1.20 bits per heavy atom. The summed E-state index contributed by atoms with van der Waals surface area (Å²) in [5, 5.41) is 19.5. The molecule has 0 amide bonds. The molecular formula is C21H25F2N5O2. The maximum atomic E-state index is 13.2. The van der Waals surface area contributed by atoms with Crippen LogP contribution in [-0.4, -0.2) is 39.4 Å². The highest BCUT2D eigenvalue weighted by Gasteiger charge is 2.29. The number of benzene rings is 1. The molecule has 0 bridgehead atoms. The zero-order valence-corrected chi connectivity index (χ0v) is 17.2. The Bertz CT molecular complexity index is 1090. The highest BCUT2D eigenvalue weighted by Crippen LogP contribution is 2.44. The van der Waals surface area contributed by atoms with Crippen LogP contribution in [0, 0.1) is 0 Å². The van der Waals surface area contributed by atoms with Gasteiger partial charge in [-0.05, 0) is 47.4 Å². The Morgan fingerprint density at radius 3 is 2.57 bits per heavy atom. The summed E-state index contributed by atoms with van der Waals surface area (Å²) in [6.45, 7) is 4.27. The number of nitrogens with one attached hydrogen (secondary N) is 1. The topological polar surface area (TPSA) is 110 Å². The first-order chi connectivity index (χ1) is 14.1. The number of fused-ring (bicyclic) bond motifs is 1. The molecule has 1 aliphatic carbocycles. The van der Waals surface area contributed by atoms with Crippen molar-refractivity contribution in [2.75, 3.05) is 24.2 Å². The third kappa shape index (κ3) is 4.07. The van der Waals surface area contributed by atoms with Crippen LogP contribution in [-0.2, 0) is 5.41 Å². The molecule has 0 spiro atoms. The number of nitrogens with two attached hydrogens (primary N) is 1. The van der Waals surface area contributed by atoms with E-state index in [4.69, 9.17) is 20.2 Å². The monoisotopic (exact) mass is 417 g/mol. The Kier molecular flexibility index (Phi) is 4.88. The van der Waals surface area contributed by atoms with E-state index in [9.17, 15) is 8.78 Å². The molecule has 0 radical (unpaired) electrons. The number of aliphatic hydroxyl groups excluding tert-OH is 1. The van der Waals surface area contributed by atoms with Crippen LogP contribution in [0.4, 0.5) is 20.5 Å². The van der Waals surface area contributed by atoms with Crippen molar-refractivity contribution in [1.82, 2.24) is 15.2 Å². The van der Waals surface area contributed by atoms with Crippen molar-refractivity contribution in [2.45, 2.75) is 50.9 Å². The quantitative estimate of drug-likeness (QED) is 0.554. The molecule has 2 heterocycles. The van der Waals surface area contributed by atoms with Crippen molar-refractivity contribution in [3.63, 3.8) is 0 Å². The first-order valence-electron chi connectivity index (χ1n) is 9.88. The fraction of sp³-hybridized carbons (Fsp3) is 0.476. The van der Waals surface area contributed by atoms with Crippen LogP contribution < -0.4 is 11.1 Å². The average Bonchev–Trinajstić information content (AvgIpc) is 3.42. The summed E-state index contributed by atoms with van der Waals surface area (Å²) in [6.07, 6.45) is 2.38. The van der Waals surface area contributed by atoms with Gasteiger partial charge in [0.25, 0.3) is 11.8 Å². The van der Waals surface area contributed by atoms with Crippen LogP contribution in [0.1, 0.15) is 50.7 Å². The first kappa shape index (κ1) is 20.5. The Balaban J connectivity index is 1.73. The second-order valence-electron chi connectivity index (χ2n) is 8.87. The number of halogens is 2. The van der Waals surface area contributed by atoms with E-state index in [2.05, 4.69) is 48.4 Å². The number of nitrogen functional groups attached to an aromatic ring is 1. The highest BCUT2D eigenvalue weighted by molar-refractivity contribution is 5.95. The minimum absolute atomic E-state index is 0.0737. The molecule has 0 saturated heterocycles. The Hall–Kier alpha value is -2.81.